The summed E-state index contributed by atoms with van der Waals surface area (Å²) >= 11 is 0. The molecular weight excluding hydrogens is 406 g/mol. The van der Waals surface area contributed by atoms with E-state index >= 15 is 0 Å². The van der Waals surface area contributed by atoms with E-state index in [1.807, 2.05) is 48.5 Å². The Hall–Kier alpha value is -4.51. The molecule has 4 rings (SSSR count). The molecule has 1 N–H and O–H groups in total. The van der Waals surface area contributed by atoms with Crippen LogP contribution < -0.4 is 9.64 Å². The zero-order valence-corrected chi connectivity index (χ0v) is 17.6. The molecule has 8 heteroatoms. The molecule has 0 bridgehead atoms. The lowest BCUT2D eigenvalue weighted by atomic mass is 10.2. The van der Waals surface area contributed by atoms with Gasteiger partial charge in [0.1, 0.15) is 16.8 Å². The molecule has 0 saturated carbocycles. The second-order valence-corrected chi connectivity index (χ2v) is 6.77. The number of benzene rings is 3. The smallest absolute Gasteiger partial charge is 0.343 e. The van der Waals surface area contributed by atoms with Gasteiger partial charge in [-0.25, -0.2) is 11.4 Å². The molecule has 8 nitrogen and oxygen atoms in total. The minimum absolute atomic E-state index is 0.175. The molecule has 1 heterocycles. The van der Waals surface area contributed by atoms with Gasteiger partial charge >= 0.3 is 11.9 Å². The first kappa shape index (κ1) is 22.2. The number of fused-ring (bicyclic) bond motifs is 1. The van der Waals surface area contributed by atoms with E-state index in [4.69, 9.17) is 11.3 Å². The summed E-state index contributed by atoms with van der Waals surface area (Å²) < 4.78 is 5.23. The van der Waals surface area contributed by atoms with Gasteiger partial charge in [0.25, 0.3) is 6.04 Å². The van der Waals surface area contributed by atoms with Crippen molar-refractivity contribution >= 4 is 28.6 Å². The molecule has 3 aromatic carbocycles. The number of H-pyrrole nitrogens is 1. The first-order valence-corrected chi connectivity index (χ1v) is 9.76. The summed E-state index contributed by atoms with van der Waals surface area (Å²) in [6.07, 6.45) is 0. The first-order chi connectivity index (χ1) is 15.5. The average molecular weight is 427 g/mol. The van der Waals surface area contributed by atoms with Crippen molar-refractivity contribution < 1.29 is 14.3 Å². The van der Waals surface area contributed by atoms with Crippen LogP contribution in [-0.4, -0.2) is 40.4 Å². The number of nitrogens with one attached hydrogen (secondary N) is 1. The van der Waals surface area contributed by atoms with E-state index in [1.54, 1.807) is 44.3 Å². The van der Waals surface area contributed by atoms with Gasteiger partial charge in [0, 0.05) is 19.7 Å². The van der Waals surface area contributed by atoms with E-state index in [-0.39, 0.29) is 5.91 Å². The van der Waals surface area contributed by atoms with E-state index in [9.17, 15) is 9.59 Å². The summed E-state index contributed by atoms with van der Waals surface area (Å²) in [7, 11) is 1.68. The van der Waals surface area contributed by atoms with Crippen LogP contribution in [0.3, 0.4) is 0 Å². The maximum atomic E-state index is 11.9. The van der Waals surface area contributed by atoms with Crippen LogP contribution in [0.4, 0.5) is 5.69 Å². The molecule has 0 fully saturated rings. The van der Waals surface area contributed by atoms with Gasteiger partial charge in [0.05, 0.1) is 5.56 Å². The van der Waals surface area contributed by atoms with Crippen molar-refractivity contribution in [2.45, 2.75) is 13.0 Å². The standard InChI is InChI=1S/C13H9N3O2.C11H12N2O/c17-13(18-10-4-2-1-3-5-10)9-6-7-11-12(8-9)15-16-14-11;1-9(12-2)11(14)13(3)10-7-5-4-6-8-10/h1-8H,(H,14,15,16);4-9H,1,3H3. The lowest BCUT2D eigenvalue weighted by molar-refractivity contribution is -0.118. The van der Waals surface area contributed by atoms with Gasteiger partial charge in [-0.15, -0.1) is 0 Å². The number of amides is 1. The van der Waals surface area contributed by atoms with Crippen molar-refractivity contribution in [1.29, 1.82) is 0 Å². The molecule has 0 aliphatic rings. The van der Waals surface area contributed by atoms with Crippen LogP contribution in [0.25, 0.3) is 15.9 Å². The van der Waals surface area contributed by atoms with E-state index < -0.39 is 12.0 Å². The number of esters is 1. The van der Waals surface area contributed by atoms with Gasteiger partial charge in [-0.1, -0.05) is 36.4 Å². The lowest BCUT2D eigenvalue weighted by Gasteiger charge is -2.16. The lowest BCUT2D eigenvalue weighted by Crippen LogP contribution is -2.32. The van der Waals surface area contributed by atoms with Gasteiger partial charge in [-0.05, 0) is 42.5 Å². The minimum atomic E-state index is -0.611. The molecule has 0 radical (unpaired) electrons. The van der Waals surface area contributed by atoms with Crippen molar-refractivity contribution in [3.63, 3.8) is 0 Å². The molecule has 1 atom stereocenters. The predicted molar refractivity (Wildman–Crippen MR) is 121 cm³/mol. The van der Waals surface area contributed by atoms with E-state index in [0.29, 0.717) is 22.3 Å². The Balaban J connectivity index is 0.000000188. The van der Waals surface area contributed by atoms with Crippen LogP contribution in [-0.2, 0) is 4.79 Å². The van der Waals surface area contributed by atoms with Crippen LogP contribution in [0.5, 0.6) is 5.75 Å². The third-order valence-corrected chi connectivity index (χ3v) is 4.53. The van der Waals surface area contributed by atoms with Crippen LogP contribution in [0.1, 0.15) is 17.3 Å². The molecule has 1 aromatic heterocycles. The zero-order chi connectivity index (χ0) is 22.9. The molecule has 1 amide bonds. The molecule has 0 aliphatic heterocycles. The molecular formula is C24H21N5O3. The van der Waals surface area contributed by atoms with Crippen molar-refractivity contribution in [2.24, 2.45) is 0 Å². The summed E-state index contributed by atoms with van der Waals surface area (Å²) in [4.78, 5) is 28.2. The Labute approximate surface area is 185 Å². The van der Waals surface area contributed by atoms with Gasteiger partial charge in [0.15, 0.2) is 0 Å². The number of hydrogen-bond acceptors (Lipinski definition) is 5. The number of carbonyl (C=O) groups is 2. The number of rotatable bonds is 4. The van der Waals surface area contributed by atoms with Gasteiger partial charge < -0.3 is 14.5 Å². The number of nitrogens with zero attached hydrogens (tertiary/aromatic N) is 4. The zero-order valence-electron chi connectivity index (χ0n) is 17.6. The highest BCUT2D eigenvalue weighted by atomic mass is 16.5. The molecule has 160 valence electrons. The van der Waals surface area contributed by atoms with Crippen LogP contribution in [0, 0.1) is 6.57 Å². The Bertz CT molecular complexity index is 1230. The van der Waals surface area contributed by atoms with Crippen molar-refractivity contribution in [3.05, 3.63) is 95.8 Å². The van der Waals surface area contributed by atoms with Crippen LogP contribution in [0.15, 0.2) is 78.9 Å². The number of aromatic amines is 1. The topological polar surface area (TPSA) is 92.5 Å². The summed E-state index contributed by atoms with van der Waals surface area (Å²) in [5.74, 6) is -0.0694. The molecule has 0 saturated heterocycles. The maximum Gasteiger partial charge on any atom is 0.343 e. The maximum absolute atomic E-state index is 11.9. The van der Waals surface area contributed by atoms with Gasteiger partial charge in [-0.3, -0.25) is 4.79 Å². The van der Waals surface area contributed by atoms with E-state index in [0.717, 1.165) is 5.69 Å². The first-order valence-electron chi connectivity index (χ1n) is 9.76. The predicted octanol–water partition coefficient (Wildman–Crippen LogP) is 4.13. The van der Waals surface area contributed by atoms with Crippen molar-refractivity contribution in [3.8, 4) is 5.75 Å². The highest BCUT2D eigenvalue weighted by molar-refractivity contribution is 5.97. The highest BCUT2D eigenvalue weighted by Gasteiger charge is 2.22. The summed E-state index contributed by atoms with van der Waals surface area (Å²) in [5, 5.41) is 10.3. The van der Waals surface area contributed by atoms with Crippen LogP contribution in [0.2, 0.25) is 0 Å². The van der Waals surface area contributed by atoms with E-state index in [1.165, 1.54) is 4.90 Å². The average Bonchev–Trinajstić information content (AvgIpc) is 3.32. The fraction of sp³-hybridized carbons (Fsp3) is 0.125. The quantitative estimate of drug-likeness (QED) is 0.300. The normalized spacial score (nSPS) is 10.9. The van der Waals surface area contributed by atoms with E-state index in [2.05, 4.69) is 20.3 Å². The summed E-state index contributed by atoms with van der Waals surface area (Å²) in [5.41, 5.74) is 2.61. The Kier molecular flexibility index (Phi) is 7.28. The Morgan fingerprint density at radius 2 is 1.59 bits per heavy atom. The Morgan fingerprint density at radius 1 is 0.969 bits per heavy atom. The SMILES string of the molecule is O=C(Oc1ccccc1)c1ccc2n[nH]nc2c1.[C-]#[N+]C(C)C(=O)N(C)c1ccccc1. The number of hydrogen-bond donors (Lipinski definition) is 1. The van der Waals surface area contributed by atoms with Crippen molar-refractivity contribution in [2.75, 3.05) is 11.9 Å². The number of anilines is 1. The number of para-hydroxylation sites is 2. The second kappa shape index (κ2) is 10.5. The van der Waals surface area contributed by atoms with Crippen molar-refractivity contribution in [1.82, 2.24) is 15.4 Å². The third-order valence-electron chi connectivity index (χ3n) is 4.53. The number of likely N-dealkylation sites (N-methyl/N-ethyl adjacent to an activating group) is 1. The second-order valence-electron chi connectivity index (χ2n) is 6.77. The number of aromatic nitrogens is 3. The van der Waals surface area contributed by atoms with Crippen LogP contribution >= 0.6 is 0 Å². The Morgan fingerprint density at radius 3 is 2.25 bits per heavy atom. The highest BCUT2D eigenvalue weighted by Crippen LogP contribution is 2.15. The molecule has 4 aromatic rings. The number of carbonyl (C=O) groups excluding carboxylic acids is 2. The van der Waals surface area contributed by atoms with Gasteiger partial charge in [-0.2, -0.15) is 15.4 Å². The fourth-order valence-electron chi connectivity index (χ4n) is 2.74. The summed E-state index contributed by atoms with van der Waals surface area (Å²) in [6.45, 7) is 8.38. The monoisotopic (exact) mass is 427 g/mol. The fourth-order valence-corrected chi connectivity index (χ4v) is 2.74. The molecule has 32 heavy (non-hydrogen) atoms. The minimum Gasteiger partial charge on any atom is -0.423 e. The molecule has 0 aliphatic carbocycles. The molecule has 1 unspecified atom stereocenters. The summed E-state index contributed by atoms with van der Waals surface area (Å²) in [6, 6.07) is 22.7. The number of ether oxygens (including phenoxy) is 1. The largest absolute Gasteiger partial charge is 0.423 e. The third kappa shape index (κ3) is 5.55. The molecule has 0 spiro atoms. The van der Waals surface area contributed by atoms with Gasteiger partial charge in [0.2, 0.25) is 0 Å².